The van der Waals surface area contributed by atoms with E-state index in [1.54, 1.807) is 0 Å². The van der Waals surface area contributed by atoms with E-state index in [9.17, 15) is 19.8 Å². The van der Waals surface area contributed by atoms with Crippen LogP contribution >= 0.6 is 0 Å². The lowest BCUT2D eigenvalue weighted by atomic mass is 9.73. The van der Waals surface area contributed by atoms with Crippen molar-refractivity contribution in [2.24, 2.45) is 29.6 Å². The number of hydrogen-bond acceptors (Lipinski definition) is 6. The van der Waals surface area contributed by atoms with E-state index in [-0.39, 0.29) is 36.6 Å². The molecule has 5 atom stereocenters. The molecule has 7 heteroatoms. The molecule has 0 aromatic heterocycles. The zero-order chi connectivity index (χ0) is 24.9. The molecule has 3 aliphatic rings. The standard InChI is InChI=1S/C28H40O7/c1-2-21(29)10-11-22-23-12-19-4-3-5-26(24(19)13-20(23)14-25(22)30)34-16-27(31)35-15-17-6-8-18(9-7-17)28(32)33/h3-5,17-18,20-23,25,29-30H,2,6-16H2,1H3,(H,32,33)/t17?,18?,20-,21-,22+,23-,25+/m0/s1. The molecule has 3 aliphatic carbocycles. The van der Waals surface area contributed by atoms with Gasteiger partial charge in [0, 0.05) is 0 Å². The van der Waals surface area contributed by atoms with Crippen molar-refractivity contribution < 1.29 is 34.4 Å². The number of aliphatic carboxylic acids is 1. The van der Waals surface area contributed by atoms with E-state index in [4.69, 9.17) is 14.6 Å². The number of carboxylic acid groups (broad SMARTS) is 1. The Hall–Kier alpha value is -2.12. The van der Waals surface area contributed by atoms with Crippen LogP contribution in [0.25, 0.3) is 0 Å². The van der Waals surface area contributed by atoms with Crippen LogP contribution in [0.3, 0.4) is 0 Å². The quantitative estimate of drug-likeness (QED) is 0.430. The number of aliphatic hydroxyl groups is 2. The summed E-state index contributed by atoms with van der Waals surface area (Å²) in [6.45, 7) is 2.16. The van der Waals surface area contributed by atoms with Crippen LogP contribution in [0.2, 0.25) is 0 Å². The van der Waals surface area contributed by atoms with E-state index >= 15 is 0 Å². The Labute approximate surface area is 207 Å². The van der Waals surface area contributed by atoms with Crippen LogP contribution in [0.1, 0.15) is 69.4 Å². The van der Waals surface area contributed by atoms with E-state index in [0.717, 1.165) is 62.7 Å². The molecule has 1 aromatic rings. The van der Waals surface area contributed by atoms with Gasteiger partial charge in [-0.05, 0) is 105 Å². The first-order chi connectivity index (χ1) is 16.9. The highest BCUT2D eigenvalue weighted by Gasteiger charge is 2.44. The van der Waals surface area contributed by atoms with Crippen LogP contribution in [0.5, 0.6) is 5.75 Å². The first-order valence-corrected chi connectivity index (χ1v) is 13.3. The summed E-state index contributed by atoms with van der Waals surface area (Å²) in [7, 11) is 0. The van der Waals surface area contributed by atoms with E-state index in [0.29, 0.717) is 31.3 Å². The molecule has 0 unspecified atom stereocenters. The van der Waals surface area contributed by atoms with E-state index < -0.39 is 11.9 Å². The third kappa shape index (κ3) is 6.36. The van der Waals surface area contributed by atoms with Crippen LogP contribution in [0, 0.1) is 29.6 Å². The van der Waals surface area contributed by atoms with E-state index in [2.05, 4.69) is 6.07 Å². The van der Waals surface area contributed by atoms with Crippen molar-refractivity contribution in [1.29, 1.82) is 0 Å². The third-order valence-corrected chi connectivity index (χ3v) is 8.67. The number of hydrogen-bond donors (Lipinski definition) is 3. The molecule has 2 saturated carbocycles. The molecule has 4 rings (SSSR count). The topological polar surface area (TPSA) is 113 Å². The van der Waals surface area contributed by atoms with Crippen molar-refractivity contribution in [3.63, 3.8) is 0 Å². The first kappa shape index (κ1) is 26.0. The summed E-state index contributed by atoms with van der Waals surface area (Å²) in [6.07, 6.45) is 7.03. The number of carbonyl (C=O) groups is 2. The van der Waals surface area contributed by atoms with Crippen LogP contribution < -0.4 is 4.74 Å². The van der Waals surface area contributed by atoms with Crippen LogP contribution in [-0.2, 0) is 27.2 Å². The lowest BCUT2D eigenvalue weighted by Gasteiger charge is -2.32. The summed E-state index contributed by atoms with van der Waals surface area (Å²) >= 11 is 0. The molecule has 0 saturated heterocycles. The molecular formula is C28H40O7. The number of rotatable bonds is 10. The number of ether oxygens (including phenoxy) is 2. The zero-order valence-corrected chi connectivity index (χ0v) is 20.7. The Morgan fingerprint density at radius 1 is 1.14 bits per heavy atom. The van der Waals surface area contributed by atoms with Gasteiger partial charge in [0.15, 0.2) is 6.61 Å². The molecule has 0 bridgehead atoms. The van der Waals surface area contributed by atoms with Gasteiger partial charge >= 0.3 is 11.9 Å². The van der Waals surface area contributed by atoms with Gasteiger partial charge in [-0.1, -0.05) is 19.1 Å². The molecule has 2 fully saturated rings. The first-order valence-electron chi connectivity index (χ1n) is 13.3. The predicted octanol–water partition coefficient (Wildman–Crippen LogP) is 3.76. The molecule has 0 aliphatic heterocycles. The summed E-state index contributed by atoms with van der Waals surface area (Å²) in [6, 6.07) is 5.98. The van der Waals surface area contributed by atoms with Crippen LogP contribution in [0.15, 0.2) is 18.2 Å². The van der Waals surface area contributed by atoms with Crippen LogP contribution in [0.4, 0.5) is 0 Å². The number of aliphatic hydroxyl groups excluding tert-OH is 2. The molecule has 7 nitrogen and oxygen atoms in total. The Kier molecular flexibility index (Phi) is 8.71. The number of carbonyl (C=O) groups excluding carboxylic acids is 1. The van der Waals surface area contributed by atoms with Gasteiger partial charge in [-0.25, -0.2) is 4.79 Å². The lowest BCUT2D eigenvalue weighted by Crippen LogP contribution is -2.28. The van der Waals surface area contributed by atoms with Crippen molar-refractivity contribution in [2.45, 2.75) is 83.3 Å². The Balaban J connectivity index is 1.28. The molecule has 0 amide bonds. The largest absolute Gasteiger partial charge is 0.482 e. The van der Waals surface area contributed by atoms with Crippen molar-refractivity contribution in [3.8, 4) is 5.75 Å². The van der Waals surface area contributed by atoms with Gasteiger partial charge in [0.2, 0.25) is 0 Å². The van der Waals surface area contributed by atoms with Crippen molar-refractivity contribution >= 4 is 11.9 Å². The van der Waals surface area contributed by atoms with Gasteiger partial charge in [0.1, 0.15) is 5.75 Å². The average Bonchev–Trinajstić information content (AvgIpc) is 3.17. The molecule has 3 N–H and O–H groups in total. The number of esters is 1. The highest BCUT2D eigenvalue weighted by molar-refractivity contribution is 5.71. The summed E-state index contributed by atoms with van der Waals surface area (Å²) in [5, 5.41) is 29.8. The molecule has 0 radical (unpaired) electrons. The van der Waals surface area contributed by atoms with Gasteiger partial charge in [-0.15, -0.1) is 0 Å². The van der Waals surface area contributed by atoms with Gasteiger partial charge in [0.25, 0.3) is 0 Å². The molecule has 0 spiro atoms. The van der Waals surface area contributed by atoms with E-state index in [1.165, 1.54) is 5.56 Å². The van der Waals surface area contributed by atoms with Crippen molar-refractivity contribution in [2.75, 3.05) is 13.2 Å². The SMILES string of the molecule is CC[C@H](O)CC[C@@H]1[C@H]2Cc3cccc(OCC(=O)OCC4CCC(C(=O)O)CC4)c3C[C@H]2C[C@H]1O. The fourth-order valence-electron chi connectivity index (χ4n) is 6.49. The van der Waals surface area contributed by atoms with Gasteiger partial charge in [-0.2, -0.15) is 0 Å². The summed E-state index contributed by atoms with van der Waals surface area (Å²) in [5.41, 5.74) is 2.36. The number of benzene rings is 1. The van der Waals surface area contributed by atoms with Gasteiger partial charge in [-0.3, -0.25) is 4.79 Å². The Bertz CT molecular complexity index is 876. The van der Waals surface area contributed by atoms with E-state index in [1.807, 2.05) is 19.1 Å². The second-order valence-corrected chi connectivity index (χ2v) is 10.9. The lowest BCUT2D eigenvalue weighted by molar-refractivity contribution is -0.149. The summed E-state index contributed by atoms with van der Waals surface area (Å²) in [5.74, 6) is 0.562. The minimum Gasteiger partial charge on any atom is -0.482 e. The summed E-state index contributed by atoms with van der Waals surface area (Å²) in [4.78, 5) is 23.4. The maximum absolute atomic E-state index is 12.3. The Morgan fingerprint density at radius 2 is 1.91 bits per heavy atom. The predicted molar refractivity (Wildman–Crippen MR) is 130 cm³/mol. The van der Waals surface area contributed by atoms with Crippen LogP contribution in [-0.4, -0.2) is 52.7 Å². The number of fused-ring (bicyclic) bond motifs is 2. The smallest absolute Gasteiger partial charge is 0.344 e. The van der Waals surface area contributed by atoms with Crippen molar-refractivity contribution in [3.05, 3.63) is 29.3 Å². The second-order valence-electron chi connectivity index (χ2n) is 10.9. The zero-order valence-electron chi connectivity index (χ0n) is 20.7. The van der Waals surface area contributed by atoms with Crippen molar-refractivity contribution in [1.82, 2.24) is 0 Å². The van der Waals surface area contributed by atoms with Gasteiger partial charge < -0.3 is 24.8 Å². The molecule has 1 aromatic carbocycles. The average molecular weight is 489 g/mol. The fourth-order valence-corrected chi connectivity index (χ4v) is 6.49. The Morgan fingerprint density at radius 3 is 2.63 bits per heavy atom. The maximum Gasteiger partial charge on any atom is 0.344 e. The molecule has 0 heterocycles. The second kappa shape index (κ2) is 11.7. The van der Waals surface area contributed by atoms with Gasteiger partial charge in [0.05, 0.1) is 24.7 Å². The highest BCUT2D eigenvalue weighted by Crippen LogP contribution is 2.48. The highest BCUT2D eigenvalue weighted by atomic mass is 16.6. The minimum atomic E-state index is -0.732. The normalized spacial score (nSPS) is 30.7. The third-order valence-electron chi connectivity index (χ3n) is 8.67. The number of carboxylic acids is 1. The monoisotopic (exact) mass is 488 g/mol. The fraction of sp³-hybridized carbons (Fsp3) is 0.714. The summed E-state index contributed by atoms with van der Waals surface area (Å²) < 4.78 is 11.3. The molecule has 35 heavy (non-hydrogen) atoms. The maximum atomic E-state index is 12.3. The molecular weight excluding hydrogens is 448 g/mol. The molecule has 194 valence electrons. The minimum absolute atomic E-state index is 0.144.